The van der Waals surface area contributed by atoms with E-state index in [0.717, 1.165) is 10.6 Å². The maximum absolute atomic E-state index is 6.00. The van der Waals surface area contributed by atoms with Gasteiger partial charge in [-0.1, -0.05) is 37.6 Å². The highest BCUT2D eigenvalue weighted by Crippen LogP contribution is 2.38. The van der Waals surface area contributed by atoms with Crippen molar-refractivity contribution in [3.05, 3.63) is 52.5 Å². The van der Waals surface area contributed by atoms with Crippen LogP contribution in [-0.4, -0.2) is 40.9 Å². The molecule has 0 unspecified atom stereocenters. The molecule has 2 rings (SSSR count). The summed E-state index contributed by atoms with van der Waals surface area (Å²) in [5.74, 6) is 2.53. The molecule has 0 atom stereocenters. The van der Waals surface area contributed by atoms with Gasteiger partial charge in [0.05, 0.1) is 21.3 Å². The minimum absolute atomic E-state index is 0. The van der Waals surface area contributed by atoms with Crippen molar-refractivity contribution in [2.75, 3.05) is 34.9 Å². The molecule has 0 heterocycles. The lowest BCUT2D eigenvalue weighted by molar-refractivity contribution is 0.323. The molecule has 0 fully saturated rings. The number of guanidine groups is 1. The molecule has 2 N–H and O–H groups in total. The Hall–Kier alpha value is -1.87. The van der Waals surface area contributed by atoms with Crippen molar-refractivity contribution in [2.45, 2.75) is 25.8 Å². The minimum Gasteiger partial charge on any atom is -0.493 e. The second kappa shape index (κ2) is 12.1. The molecule has 0 radical (unpaired) electrons. The monoisotopic (exact) mass is 547 g/mol. The standard InChI is InChI=1S/C22H30ClN3O3.HI/c1-22(2,16-7-9-17(23)10-8-16)14-26-21(24-3)25-13-15-11-18(27-4)20(29-6)19(12-15)28-5;/h7-12H,13-14H2,1-6H3,(H2,24,25,26);1H. The van der Waals surface area contributed by atoms with Gasteiger partial charge in [0.2, 0.25) is 5.75 Å². The third kappa shape index (κ3) is 6.84. The molecule has 0 bridgehead atoms. The quantitative estimate of drug-likeness (QED) is 0.287. The first kappa shape index (κ1) is 26.2. The largest absolute Gasteiger partial charge is 0.493 e. The summed E-state index contributed by atoms with van der Waals surface area (Å²) in [5, 5.41) is 7.45. The number of ether oxygens (including phenoxy) is 3. The first-order valence-electron chi connectivity index (χ1n) is 9.34. The first-order chi connectivity index (χ1) is 13.8. The van der Waals surface area contributed by atoms with E-state index in [1.54, 1.807) is 28.4 Å². The number of hydrogen-bond acceptors (Lipinski definition) is 4. The fraction of sp³-hybridized carbons (Fsp3) is 0.409. The van der Waals surface area contributed by atoms with E-state index in [9.17, 15) is 0 Å². The van der Waals surface area contributed by atoms with Crippen LogP contribution in [0.15, 0.2) is 41.4 Å². The maximum Gasteiger partial charge on any atom is 0.203 e. The molecule has 0 aliphatic rings. The predicted octanol–water partition coefficient (Wildman–Crippen LogP) is 4.63. The highest BCUT2D eigenvalue weighted by atomic mass is 127. The van der Waals surface area contributed by atoms with E-state index in [2.05, 4.69) is 41.6 Å². The van der Waals surface area contributed by atoms with Crippen LogP contribution < -0.4 is 24.8 Å². The Bertz CT molecular complexity index is 817. The number of nitrogens with zero attached hydrogens (tertiary/aromatic N) is 1. The van der Waals surface area contributed by atoms with E-state index in [4.69, 9.17) is 25.8 Å². The van der Waals surface area contributed by atoms with Gasteiger partial charge in [-0.2, -0.15) is 0 Å². The average Bonchev–Trinajstić information content (AvgIpc) is 2.73. The van der Waals surface area contributed by atoms with Crippen molar-refractivity contribution < 1.29 is 14.2 Å². The molecule has 0 aromatic heterocycles. The van der Waals surface area contributed by atoms with E-state index in [0.29, 0.717) is 36.3 Å². The van der Waals surface area contributed by atoms with Crippen LogP contribution in [0.1, 0.15) is 25.0 Å². The topological polar surface area (TPSA) is 64.1 Å². The lowest BCUT2D eigenvalue weighted by Gasteiger charge is -2.27. The van der Waals surface area contributed by atoms with Crippen LogP contribution in [0.3, 0.4) is 0 Å². The molecule has 30 heavy (non-hydrogen) atoms. The van der Waals surface area contributed by atoms with Gasteiger partial charge in [-0.25, -0.2) is 0 Å². The number of methoxy groups -OCH3 is 3. The summed E-state index contributed by atoms with van der Waals surface area (Å²) in [4.78, 5) is 4.32. The summed E-state index contributed by atoms with van der Waals surface area (Å²) in [7, 11) is 6.55. The van der Waals surface area contributed by atoms with E-state index in [1.807, 2.05) is 24.3 Å². The van der Waals surface area contributed by atoms with Crippen molar-refractivity contribution in [3.63, 3.8) is 0 Å². The SMILES string of the molecule is CN=C(NCc1cc(OC)c(OC)c(OC)c1)NCC(C)(C)c1ccc(Cl)cc1.I. The molecule has 6 nitrogen and oxygen atoms in total. The second-order valence-electron chi connectivity index (χ2n) is 7.20. The van der Waals surface area contributed by atoms with Gasteiger partial charge < -0.3 is 24.8 Å². The fourth-order valence-corrected chi connectivity index (χ4v) is 3.08. The van der Waals surface area contributed by atoms with Crippen molar-refractivity contribution in [2.24, 2.45) is 4.99 Å². The van der Waals surface area contributed by atoms with Gasteiger partial charge in [-0.05, 0) is 35.4 Å². The molecule has 0 amide bonds. The Kier molecular flexibility index (Phi) is 10.6. The van der Waals surface area contributed by atoms with Crippen molar-refractivity contribution in [1.82, 2.24) is 10.6 Å². The highest BCUT2D eigenvalue weighted by Gasteiger charge is 2.21. The van der Waals surface area contributed by atoms with Crippen molar-refractivity contribution >= 4 is 41.5 Å². The Balaban J connectivity index is 0.00000450. The fourth-order valence-electron chi connectivity index (χ4n) is 2.95. The van der Waals surface area contributed by atoms with Crippen LogP contribution in [-0.2, 0) is 12.0 Å². The third-order valence-corrected chi connectivity index (χ3v) is 4.98. The van der Waals surface area contributed by atoms with Gasteiger partial charge in [0, 0.05) is 30.6 Å². The zero-order valence-corrected chi connectivity index (χ0v) is 21.4. The number of halogens is 2. The van der Waals surface area contributed by atoms with Crippen molar-refractivity contribution in [3.8, 4) is 17.2 Å². The van der Waals surface area contributed by atoms with Gasteiger partial charge in [0.1, 0.15) is 0 Å². The lowest BCUT2D eigenvalue weighted by Crippen LogP contribution is -2.43. The van der Waals surface area contributed by atoms with E-state index >= 15 is 0 Å². The van der Waals surface area contributed by atoms with Crippen LogP contribution in [0.5, 0.6) is 17.2 Å². The number of benzene rings is 2. The van der Waals surface area contributed by atoms with Crippen LogP contribution in [0.25, 0.3) is 0 Å². The molecule has 0 aliphatic carbocycles. The highest BCUT2D eigenvalue weighted by molar-refractivity contribution is 14.0. The Labute approximate surface area is 201 Å². The zero-order chi connectivity index (χ0) is 21.4. The minimum atomic E-state index is -0.0885. The summed E-state index contributed by atoms with van der Waals surface area (Å²) >= 11 is 6.00. The van der Waals surface area contributed by atoms with Crippen LogP contribution in [0, 0.1) is 0 Å². The van der Waals surface area contributed by atoms with Gasteiger partial charge in [-0.15, -0.1) is 24.0 Å². The maximum atomic E-state index is 6.00. The van der Waals surface area contributed by atoms with Crippen LogP contribution >= 0.6 is 35.6 Å². The Morgan fingerprint density at radius 1 is 0.967 bits per heavy atom. The summed E-state index contributed by atoms with van der Waals surface area (Å²) in [5.41, 5.74) is 2.10. The molecular weight excluding hydrogens is 517 g/mol. The molecule has 2 aromatic carbocycles. The number of hydrogen-bond donors (Lipinski definition) is 2. The smallest absolute Gasteiger partial charge is 0.203 e. The Morgan fingerprint density at radius 3 is 2.00 bits per heavy atom. The predicted molar refractivity (Wildman–Crippen MR) is 134 cm³/mol. The van der Waals surface area contributed by atoms with E-state index in [-0.39, 0.29) is 29.4 Å². The van der Waals surface area contributed by atoms with E-state index < -0.39 is 0 Å². The van der Waals surface area contributed by atoms with Crippen LogP contribution in [0.4, 0.5) is 0 Å². The average molecular weight is 548 g/mol. The number of aliphatic imine (C=N–C) groups is 1. The molecule has 0 saturated carbocycles. The molecule has 2 aromatic rings. The number of nitrogens with one attached hydrogen (secondary N) is 2. The zero-order valence-electron chi connectivity index (χ0n) is 18.3. The molecule has 0 aliphatic heterocycles. The number of rotatable bonds is 8. The first-order valence-corrected chi connectivity index (χ1v) is 9.72. The summed E-state index contributed by atoms with van der Waals surface area (Å²) in [6.07, 6.45) is 0. The van der Waals surface area contributed by atoms with E-state index in [1.165, 1.54) is 5.56 Å². The molecule has 0 spiro atoms. The second-order valence-corrected chi connectivity index (χ2v) is 7.64. The normalized spacial score (nSPS) is 11.4. The summed E-state index contributed by atoms with van der Waals surface area (Å²) < 4.78 is 16.2. The molecular formula is C22H31ClIN3O3. The van der Waals surface area contributed by atoms with Gasteiger partial charge in [-0.3, -0.25) is 4.99 Å². The molecule has 0 saturated heterocycles. The molecule has 8 heteroatoms. The summed E-state index contributed by atoms with van der Waals surface area (Å²) in [6, 6.07) is 11.8. The molecule has 166 valence electrons. The third-order valence-electron chi connectivity index (χ3n) is 4.73. The van der Waals surface area contributed by atoms with Crippen molar-refractivity contribution in [1.29, 1.82) is 0 Å². The Morgan fingerprint density at radius 2 is 1.53 bits per heavy atom. The van der Waals surface area contributed by atoms with Gasteiger partial charge >= 0.3 is 0 Å². The lowest BCUT2D eigenvalue weighted by atomic mass is 9.85. The summed E-state index contributed by atoms with van der Waals surface area (Å²) in [6.45, 7) is 5.62. The van der Waals surface area contributed by atoms with Gasteiger partial charge in [0.25, 0.3) is 0 Å². The van der Waals surface area contributed by atoms with Gasteiger partial charge in [0.15, 0.2) is 17.5 Å². The van der Waals surface area contributed by atoms with Crippen LogP contribution in [0.2, 0.25) is 5.02 Å².